The summed E-state index contributed by atoms with van der Waals surface area (Å²) >= 11 is 0. The van der Waals surface area contributed by atoms with Gasteiger partial charge in [-0.15, -0.1) is 0 Å². The molecule has 1 atom stereocenters. The van der Waals surface area contributed by atoms with E-state index in [1.165, 1.54) is 27.8 Å². The molecule has 3 aromatic rings. The molecular formula is C21H18. The van der Waals surface area contributed by atoms with Gasteiger partial charge < -0.3 is 0 Å². The van der Waals surface area contributed by atoms with Crippen LogP contribution in [0.25, 0.3) is 0 Å². The third kappa shape index (κ3) is 1.76. The number of benzene rings is 3. The highest BCUT2D eigenvalue weighted by atomic mass is 14.5. The molecule has 0 nitrogen and oxygen atoms in total. The van der Waals surface area contributed by atoms with Crippen LogP contribution in [0.4, 0.5) is 0 Å². The molecule has 0 heterocycles. The summed E-state index contributed by atoms with van der Waals surface area (Å²) in [6.45, 7) is 2.15. The van der Waals surface area contributed by atoms with Crippen LogP contribution in [-0.4, -0.2) is 0 Å². The topological polar surface area (TPSA) is 0 Å². The maximum atomic E-state index is 2.29. The minimum atomic E-state index is 0.0333. The first-order valence-electron chi connectivity index (χ1n) is 7.52. The maximum absolute atomic E-state index is 2.29. The molecule has 21 heavy (non-hydrogen) atoms. The van der Waals surface area contributed by atoms with Crippen molar-refractivity contribution >= 4 is 0 Å². The quantitative estimate of drug-likeness (QED) is 0.622. The molecular weight excluding hydrogens is 252 g/mol. The first-order valence-corrected chi connectivity index (χ1v) is 7.52. The average molecular weight is 270 g/mol. The van der Waals surface area contributed by atoms with Crippen LogP contribution < -0.4 is 0 Å². The van der Waals surface area contributed by atoms with Gasteiger partial charge in [0.15, 0.2) is 0 Å². The molecule has 0 radical (unpaired) electrons. The summed E-state index contributed by atoms with van der Waals surface area (Å²) in [6, 6.07) is 28.8. The second kappa shape index (κ2) is 4.60. The van der Waals surface area contributed by atoms with E-state index in [1.54, 1.807) is 0 Å². The lowest BCUT2D eigenvalue weighted by Gasteiger charge is -2.45. The second-order valence-electron chi connectivity index (χ2n) is 5.97. The molecule has 4 rings (SSSR count). The molecule has 1 aliphatic carbocycles. The molecule has 102 valence electrons. The largest absolute Gasteiger partial charge is 0.0622 e. The first kappa shape index (κ1) is 12.4. The molecule has 0 aromatic heterocycles. The first-order chi connectivity index (χ1) is 10.3. The molecule has 3 aromatic carbocycles. The van der Waals surface area contributed by atoms with Gasteiger partial charge >= 0.3 is 0 Å². The van der Waals surface area contributed by atoms with Crippen LogP contribution in [-0.2, 0) is 11.8 Å². The van der Waals surface area contributed by atoms with Crippen molar-refractivity contribution in [1.29, 1.82) is 0 Å². The minimum Gasteiger partial charge on any atom is -0.0622 e. The van der Waals surface area contributed by atoms with Crippen LogP contribution in [0.15, 0.2) is 78.9 Å². The fraction of sp³-hybridized carbons (Fsp3) is 0.143. The van der Waals surface area contributed by atoms with Crippen LogP contribution in [0.3, 0.4) is 0 Å². The lowest BCUT2D eigenvalue weighted by Crippen LogP contribution is -2.41. The van der Waals surface area contributed by atoms with E-state index in [4.69, 9.17) is 0 Å². The molecule has 0 N–H and O–H groups in total. The van der Waals surface area contributed by atoms with E-state index in [9.17, 15) is 0 Å². The Bertz CT molecular complexity index is 769. The van der Waals surface area contributed by atoms with Crippen molar-refractivity contribution in [3.05, 3.63) is 107 Å². The normalized spacial score (nSPS) is 19.7. The van der Waals surface area contributed by atoms with Gasteiger partial charge in [0.05, 0.1) is 0 Å². The Morgan fingerprint density at radius 3 is 2.00 bits per heavy atom. The van der Waals surface area contributed by atoms with E-state index < -0.39 is 0 Å². The lowest BCUT2D eigenvalue weighted by molar-refractivity contribution is 0.537. The molecule has 0 aliphatic heterocycles. The highest BCUT2D eigenvalue weighted by Crippen LogP contribution is 2.50. The maximum Gasteiger partial charge on any atom is 0.0494 e. The zero-order valence-corrected chi connectivity index (χ0v) is 12.2. The summed E-state index contributed by atoms with van der Waals surface area (Å²) < 4.78 is 0. The fourth-order valence-electron chi connectivity index (χ4n) is 3.61. The van der Waals surface area contributed by atoms with Gasteiger partial charge in [0.25, 0.3) is 0 Å². The molecule has 0 fully saturated rings. The zero-order chi connectivity index (χ0) is 14.3. The van der Waals surface area contributed by atoms with Crippen molar-refractivity contribution < 1.29 is 0 Å². The van der Waals surface area contributed by atoms with Crippen LogP contribution in [0.5, 0.6) is 0 Å². The Labute approximate surface area is 126 Å². The Morgan fingerprint density at radius 1 is 0.667 bits per heavy atom. The molecule has 0 heteroatoms. The Morgan fingerprint density at radius 2 is 1.29 bits per heavy atom. The second-order valence-corrected chi connectivity index (χ2v) is 5.97. The van der Waals surface area contributed by atoms with Gasteiger partial charge in [-0.1, -0.05) is 84.4 Å². The van der Waals surface area contributed by atoms with Gasteiger partial charge in [0.1, 0.15) is 0 Å². The summed E-state index contributed by atoms with van der Waals surface area (Å²) in [5.74, 6) is 0. The van der Waals surface area contributed by atoms with Gasteiger partial charge in [-0.05, 0) is 35.6 Å². The highest BCUT2D eigenvalue weighted by molar-refractivity contribution is 5.61. The number of rotatable bonds is 2. The Hall–Kier alpha value is -2.34. The van der Waals surface area contributed by atoms with Gasteiger partial charge in [-0.2, -0.15) is 0 Å². The standard InChI is InChI=1S/C21H18/c1-16-11-13-19(14-12-16)21(18-8-3-2-4-9-18)15-17-7-5-6-10-20(17)21/h2-14H,15H2,1H3. The Kier molecular flexibility index (Phi) is 2.71. The van der Waals surface area contributed by atoms with E-state index in [1.807, 2.05) is 0 Å². The molecule has 0 saturated carbocycles. The number of hydrogen-bond donors (Lipinski definition) is 0. The molecule has 0 amide bonds. The SMILES string of the molecule is Cc1ccc(C2(c3ccccc3)Cc3ccccc32)cc1. The van der Waals surface area contributed by atoms with Crippen molar-refractivity contribution in [1.82, 2.24) is 0 Å². The third-order valence-electron chi connectivity index (χ3n) is 4.74. The summed E-state index contributed by atoms with van der Waals surface area (Å²) in [5.41, 5.74) is 7.08. The molecule has 0 spiro atoms. The predicted octanol–water partition coefficient (Wildman–Crippen LogP) is 4.89. The van der Waals surface area contributed by atoms with Crippen molar-refractivity contribution in [2.75, 3.05) is 0 Å². The van der Waals surface area contributed by atoms with E-state index >= 15 is 0 Å². The summed E-state index contributed by atoms with van der Waals surface area (Å²) in [4.78, 5) is 0. The van der Waals surface area contributed by atoms with Crippen molar-refractivity contribution in [3.63, 3.8) is 0 Å². The average Bonchev–Trinajstić information content (AvgIpc) is 2.51. The van der Waals surface area contributed by atoms with Crippen molar-refractivity contribution in [2.45, 2.75) is 18.8 Å². The molecule has 1 unspecified atom stereocenters. The van der Waals surface area contributed by atoms with Gasteiger partial charge in [-0.3, -0.25) is 0 Å². The predicted molar refractivity (Wildman–Crippen MR) is 87.6 cm³/mol. The summed E-state index contributed by atoms with van der Waals surface area (Å²) in [6.07, 6.45) is 1.09. The van der Waals surface area contributed by atoms with E-state index in [0.717, 1.165) is 6.42 Å². The zero-order valence-electron chi connectivity index (χ0n) is 12.2. The Balaban J connectivity index is 1.96. The van der Waals surface area contributed by atoms with Crippen LogP contribution in [0.1, 0.15) is 27.8 Å². The third-order valence-corrected chi connectivity index (χ3v) is 4.74. The summed E-state index contributed by atoms with van der Waals surface area (Å²) in [7, 11) is 0. The highest BCUT2D eigenvalue weighted by Gasteiger charge is 2.44. The van der Waals surface area contributed by atoms with Crippen LogP contribution >= 0.6 is 0 Å². The van der Waals surface area contributed by atoms with E-state index in [-0.39, 0.29) is 5.41 Å². The van der Waals surface area contributed by atoms with Crippen LogP contribution in [0.2, 0.25) is 0 Å². The minimum absolute atomic E-state index is 0.0333. The number of hydrogen-bond acceptors (Lipinski definition) is 0. The van der Waals surface area contributed by atoms with Gasteiger partial charge in [0, 0.05) is 5.41 Å². The molecule has 0 saturated heterocycles. The number of aryl methyl sites for hydroxylation is 1. The van der Waals surface area contributed by atoms with E-state index in [2.05, 4.69) is 85.8 Å². The van der Waals surface area contributed by atoms with Crippen molar-refractivity contribution in [3.8, 4) is 0 Å². The molecule has 1 aliphatic rings. The van der Waals surface area contributed by atoms with Gasteiger partial charge in [0.2, 0.25) is 0 Å². The summed E-state index contributed by atoms with van der Waals surface area (Å²) in [5, 5.41) is 0. The fourth-order valence-corrected chi connectivity index (χ4v) is 3.61. The molecule has 0 bridgehead atoms. The lowest BCUT2D eigenvalue weighted by atomic mass is 9.57. The van der Waals surface area contributed by atoms with Gasteiger partial charge in [-0.25, -0.2) is 0 Å². The monoisotopic (exact) mass is 270 g/mol. The van der Waals surface area contributed by atoms with Crippen molar-refractivity contribution in [2.24, 2.45) is 0 Å². The smallest absolute Gasteiger partial charge is 0.0494 e. The van der Waals surface area contributed by atoms with Crippen LogP contribution in [0, 0.1) is 6.92 Å². The number of fused-ring (bicyclic) bond motifs is 1. The van der Waals surface area contributed by atoms with E-state index in [0.29, 0.717) is 0 Å².